The van der Waals surface area contributed by atoms with Crippen molar-refractivity contribution in [1.29, 1.82) is 0 Å². The van der Waals surface area contributed by atoms with Crippen LogP contribution in [0.3, 0.4) is 0 Å². The fourth-order valence-corrected chi connectivity index (χ4v) is 5.49. The fraction of sp³-hybridized carbons (Fsp3) is 0.900. The van der Waals surface area contributed by atoms with Crippen LogP contribution in [0.1, 0.15) is 27.7 Å². The van der Waals surface area contributed by atoms with Crippen LogP contribution in [0.2, 0.25) is 5.54 Å². The first-order chi connectivity index (χ1) is 7.57. The average Bonchev–Trinajstić information content (AvgIpc) is 2.28. The minimum atomic E-state index is -2.65. The predicted molar refractivity (Wildman–Crippen MR) is 76.2 cm³/mol. The molecule has 0 bridgehead atoms. The molecule has 0 saturated heterocycles. The summed E-state index contributed by atoms with van der Waals surface area (Å²) in [6.45, 7) is 9.67. The predicted octanol–water partition coefficient (Wildman–Crippen LogP) is 3.12. The summed E-state index contributed by atoms with van der Waals surface area (Å²) in [6, 6.07) is 0. The summed E-state index contributed by atoms with van der Waals surface area (Å²) in [5.74, 6) is 0. The summed E-state index contributed by atoms with van der Waals surface area (Å²) < 4.78 is 18.3. The van der Waals surface area contributed by atoms with Crippen LogP contribution in [0.25, 0.3) is 0 Å². The average molecular weight is 283 g/mol. The number of hydrogen-bond donors (Lipinski definition) is 0. The van der Waals surface area contributed by atoms with Crippen LogP contribution in [0.5, 0.6) is 0 Å². The highest BCUT2D eigenvalue weighted by Crippen LogP contribution is 2.30. The van der Waals surface area contributed by atoms with E-state index in [1.165, 1.54) is 0 Å². The van der Waals surface area contributed by atoms with Crippen LogP contribution >= 0.6 is 24.0 Å². The molecule has 0 rings (SSSR count). The summed E-state index contributed by atoms with van der Waals surface area (Å²) in [5.41, 5.74) is 0.0531. The monoisotopic (exact) mass is 282 g/mol. The molecular formula is C10H22O3S2Si. The van der Waals surface area contributed by atoms with E-state index in [0.29, 0.717) is 19.8 Å². The maximum atomic E-state index is 5.79. The number of thioether (sulfide) groups is 1. The molecule has 6 heteroatoms. The van der Waals surface area contributed by atoms with Crippen molar-refractivity contribution in [2.45, 2.75) is 33.2 Å². The quantitative estimate of drug-likeness (QED) is 0.504. The van der Waals surface area contributed by atoms with E-state index in [4.69, 9.17) is 25.5 Å². The zero-order valence-electron chi connectivity index (χ0n) is 10.7. The van der Waals surface area contributed by atoms with Gasteiger partial charge >= 0.3 is 8.80 Å². The van der Waals surface area contributed by atoms with Gasteiger partial charge in [-0.1, -0.05) is 19.1 Å². The Bertz CT molecular complexity index is 197. The molecule has 0 aliphatic carbocycles. The molecule has 16 heavy (non-hydrogen) atoms. The second-order valence-electron chi connectivity index (χ2n) is 3.15. The van der Waals surface area contributed by atoms with Gasteiger partial charge in [0.25, 0.3) is 0 Å². The molecule has 0 amide bonds. The zero-order valence-corrected chi connectivity index (χ0v) is 13.4. The van der Waals surface area contributed by atoms with Crippen LogP contribution in [0.4, 0.5) is 0 Å². The van der Waals surface area contributed by atoms with E-state index in [-0.39, 0.29) is 5.54 Å². The maximum absolute atomic E-state index is 5.79. The minimum absolute atomic E-state index is 0.0531. The van der Waals surface area contributed by atoms with E-state index >= 15 is 0 Å². The molecule has 0 aliphatic heterocycles. The van der Waals surface area contributed by atoms with Gasteiger partial charge in [-0.05, 0) is 27.0 Å². The number of hydrogen-bond acceptors (Lipinski definition) is 5. The van der Waals surface area contributed by atoms with E-state index in [2.05, 4.69) is 0 Å². The van der Waals surface area contributed by atoms with Gasteiger partial charge in [0.05, 0.1) is 9.74 Å². The molecule has 0 radical (unpaired) electrons. The normalized spacial score (nSPS) is 13.8. The first-order valence-corrected chi connectivity index (χ1v) is 9.01. The van der Waals surface area contributed by atoms with Crippen molar-refractivity contribution in [2.75, 3.05) is 26.1 Å². The van der Waals surface area contributed by atoms with Crippen molar-refractivity contribution in [2.24, 2.45) is 0 Å². The lowest BCUT2D eigenvalue weighted by Crippen LogP contribution is -2.51. The molecule has 0 aliphatic rings. The SMILES string of the molecule is CCO[Si](OCC)(OCC)C(C)C(=S)SC. The highest BCUT2D eigenvalue weighted by atomic mass is 32.2. The largest absolute Gasteiger partial charge is 0.509 e. The first-order valence-electron chi connectivity index (χ1n) is 5.57. The van der Waals surface area contributed by atoms with Crippen molar-refractivity contribution < 1.29 is 13.3 Å². The molecule has 0 aromatic carbocycles. The molecule has 1 atom stereocenters. The van der Waals surface area contributed by atoms with Gasteiger partial charge in [-0.3, -0.25) is 0 Å². The highest BCUT2D eigenvalue weighted by molar-refractivity contribution is 8.23. The second-order valence-corrected chi connectivity index (χ2v) is 7.63. The molecule has 0 aromatic rings. The van der Waals surface area contributed by atoms with Gasteiger partial charge in [-0.15, -0.1) is 11.8 Å². The molecule has 0 spiro atoms. The lowest BCUT2D eigenvalue weighted by atomic mass is 10.5. The van der Waals surface area contributed by atoms with Crippen LogP contribution in [-0.4, -0.2) is 39.1 Å². The third-order valence-corrected chi connectivity index (χ3v) is 7.57. The molecule has 1 unspecified atom stereocenters. The van der Waals surface area contributed by atoms with Gasteiger partial charge in [0.2, 0.25) is 0 Å². The molecule has 0 saturated carbocycles. The molecular weight excluding hydrogens is 260 g/mol. The van der Waals surface area contributed by atoms with Crippen molar-refractivity contribution >= 4 is 37.0 Å². The van der Waals surface area contributed by atoms with Crippen molar-refractivity contribution in [3.63, 3.8) is 0 Å². The smallest absolute Gasteiger partial charge is 0.373 e. The van der Waals surface area contributed by atoms with Gasteiger partial charge in [0.1, 0.15) is 0 Å². The van der Waals surface area contributed by atoms with Gasteiger partial charge in [-0.2, -0.15) is 0 Å². The lowest BCUT2D eigenvalue weighted by molar-refractivity contribution is 0.0687. The molecule has 0 aromatic heterocycles. The molecule has 3 nitrogen and oxygen atoms in total. The van der Waals surface area contributed by atoms with Crippen LogP contribution in [-0.2, 0) is 13.3 Å². The van der Waals surface area contributed by atoms with Crippen molar-refractivity contribution in [3.8, 4) is 0 Å². The maximum Gasteiger partial charge on any atom is 0.509 e. The summed E-state index contributed by atoms with van der Waals surface area (Å²) in [7, 11) is -2.65. The number of rotatable bonds is 8. The molecule has 0 N–H and O–H groups in total. The Morgan fingerprint density at radius 1 is 1.12 bits per heavy atom. The Morgan fingerprint density at radius 2 is 1.50 bits per heavy atom. The van der Waals surface area contributed by atoms with Gasteiger partial charge in [-0.25, -0.2) is 0 Å². The second kappa shape index (κ2) is 8.60. The Kier molecular flexibility index (Phi) is 8.89. The Labute approximate surface area is 110 Å². The minimum Gasteiger partial charge on any atom is -0.373 e. The Balaban J connectivity index is 4.89. The fourth-order valence-electron chi connectivity index (χ4n) is 1.42. The molecule has 0 heterocycles. The van der Waals surface area contributed by atoms with Crippen molar-refractivity contribution in [1.82, 2.24) is 0 Å². The summed E-state index contributed by atoms with van der Waals surface area (Å²) in [6.07, 6.45) is 1.97. The summed E-state index contributed by atoms with van der Waals surface area (Å²) in [5, 5.41) is 0. The Morgan fingerprint density at radius 3 is 1.75 bits per heavy atom. The van der Waals surface area contributed by atoms with E-state index < -0.39 is 8.80 Å². The number of thiocarbonyl (C=S) groups is 1. The van der Waals surface area contributed by atoms with Crippen molar-refractivity contribution in [3.05, 3.63) is 0 Å². The zero-order chi connectivity index (χ0) is 12.6. The third-order valence-electron chi connectivity index (χ3n) is 2.12. The standard InChI is InChI=1S/C10H22O3S2Si/c1-6-11-16(12-7-2,13-8-3)9(4)10(14)15-5/h9H,6-8H2,1-5H3. The topological polar surface area (TPSA) is 27.7 Å². The molecule has 96 valence electrons. The molecule has 0 fully saturated rings. The highest BCUT2D eigenvalue weighted by Gasteiger charge is 2.48. The van der Waals surface area contributed by atoms with E-state index in [0.717, 1.165) is 4.20 Å². The van der Waals surface area contributed by atoms with Gasteiger partial charge in [0.15, 0.2) is 0 Å². The van der Waals surface area contributed by atoms with Crippen LogP contribution < -0.4 is 0 Å². The van der Waals surface area contributed by atoms with Crippen LogP contribution in [0.15, 0.2) is 0 Å². The summed E-state index contributed by atoms with van der Waals surface area (Å²) in [4.78, 5) is 0. The summed E-state index contributed by atoms with van der Waals surface area (Å²) >= 11 is 6.89. The lowest BCUT2D eigenvalue weighted by Gasteiger charge is -2.33. The van der Waals surface area contributed by atoms with E-state index in [1.807, 2.05) is 34.0 Å². The van der Waals surface area contributed by atoms with Gasteiger partial charge < -0.3 is 13.3 Å². The van der Waals surface area contributed by atoms with E-state index in [9.17, 15) is 0 Å². The van der Waals surface area contributed by atoms with Gasteiger partial charge in [0, 0.05) is 19.8 Å². The first kappa shape index (κ1) is 16.5. The van der Waals surface area contributed by atoms with Crippen LogP contribution in [0, 0.1) is 0 Å². The Hall–Kier alpha value is 0.537. The third kappa shape index (κ3) is 4.42. The van der Waals surface area contributed by atoms with E-state index in [1.54, 1.807) is 11.8 Å².